The molecule has 13 heavy (non-hydrogen) atoms. The van der Waals surface area contributed by atoms with Crippen molar-refractivity contribution in [1.82, 2.24) is 0 Å². The number of hydrogen-bond acceptors (Lipinski definition) is 3. The van der Waals surface area contributed by atoms with Gasteiger partial charge in [0.25, 0.3) is 0 Å². The second kappa shape index (κ2) is 5.58. The largest absolute Gasteiger partial charge is 0.393 e. The molecule has 0 heterocycles. The van der Waals surface area contributed by atoms with Crippen LogP contribution in [0.3, 0.4) is 0 Å². The zero-order chi connectivity index (χ0) is 10.5. The Morgan fingerprint density at radius 2 is 1.77 bits per heavy atom. The lowest BCUT2D eigenvalue weighted by atomic mass is 9.89. The van der Waals surface area contributed by atoms with Crippen LogP contribution in [0.1, 0.15) is 40.0 Å². The van der Waals surface area contributed by atoms with Crippen LogP contribution in [-0.4, -0.2) is 33.6 Å². The second-order valence-electron chi connectivity index (χ2n) is 4.10. The Hall–Kier alpha value is -0.120. The summed E-state index contributed by atoms with van der Waals surface area (Å²) in [6.07, 6.45) is 0.972. The molecule has 0 aliphatic heterocycles. The molecule has 3 N–H and O–H groups in total. The minimum Gasteiger partial charge on any atom is -0.393 e. The van der Waals surface area contributed by atoms with Crippen LogP contribution < -0.4 is 0 Å². The molecule has 0 radical (unpaired) electrons. The maximum atomic E-state index is 9.71. The van der Waals surface area contributed by atoms with Gasteiger partial charge in [-0.05, 0) is 25.2 Å². The van der Waals surface area contributed by atoms with E-state index in [0.29, 0.717) is 18.8 Å². The average molecular weight is 190 g/mol. The molecule has 2 atom stereocenters. The molecule has 0 aromatic rings. The highest BCUT2D eigenvalue weighted by Gasteiger charge is 2.32. The smallest absolute Gasteiger partial charge is 0.113 e. The Morgan fingerprint density at radius 3 is 2.08 bits per heavy atom. The standard InChI is InChI=1S/C10H22O3/c1-4-10(13,7-11)9(12)6-5-8(2)3/h8-9,11-13H,4-7H2,1-3H3. The number of aliphatic hydroxyl groups is 3. The SMILES string of the molecule is CCC(O)(CO)C(O)CCC(C)C. The molecule has 0 bridgehead atoms. The van der Waals surface area contributed by atoms with E-state index in [9.17, 15) is 10.2 Å². The Kier molecular flexibility index (Phi) is 5.53. The van der Waals surface area contributed by atoms with Crippen LogP contribution in [0.2, 0.25) is 0 Å². The lowest BCUT2D eigenvalue weighted by molar-refractivity contribution is -0.110. The van der Waals surface area contributed by atoms with Crippen LogP contribution in [-0.2, 0) is 0 Å². The van der Waals surface area contributed by atoms with Gasteiger partial charge in [0.05, 0.1) is 12.7 Å². The molecule has 0 saturated carbocycles. The molecule has 0 aliphatic rings. The molecule has 0 aliphatic carbocycles. The van der Waals surface area contributed by atoms with Gasteiger partial charge in [-0.3, -0.25) is 0 Å². The van der Waals surface area contributed by atoms with Crippen molar-refractivity contribution in [1.29, 1.82) is 0 Å². The van der Waals surface area contributed by atoms with E-state index in [-0.39, 0.29) is 6.61 Å². The lowest BCUT2D eigenvalue weighted by Crippen LogP contribution is -2.45. The minimum absolute atomic E-state index is 0.372. The summed E-state index contributed by atoms with van der Waals surface area (Å²) in [6, 6.07) is 0. The van der Waals surface area contributed by atoms with E-state index in [1.807, 2.05) is 0 Å². The topological polar surface area (TPSA) is 60.7 Å². The number of hydrogen-bond donors (Lipinski definition) is 3. The Labute approximate surface area is 80.4 Å². The fourth-order valence-electron chi connectivity index (χ4n) is 1.21. The van der Waals surface area contributed by atoms with Crippen molar-refractivity contribution in [2.75, 3.05) is 6.61 Å². The maximum absolute atomic E-state index is 9.71. The van der Waals surface area contributed by atoms with Crippen LogP contribution in [0, 0.1) is 5.92 Å². The van der Waals surface area contributed by atoms with Crippen LogP contribution >= 0.6 is 0 Å². The van der Waals surface area contributed by atoms with Crippen molar-refractivity contribution in [3.8, 4) is 0 Å². The average Bonchev–Trinajstić information content (AvgIpc) is 2.12. The van der Waals surface area contributed by atoms with Crippen LogP contribution in [0.25, 0.3) is 0 Å². The predicted molar refractivity (Wildman–Crippen MR) is 52.4 cm³/mol. The monoisotopic (exact) mass is 190 g/mol. The molecule has 3 heteroatoms. The van der Waals surface area contributed by atoms with Crippen molar-refractivity contribution < 1.29 is 15.3 Å². The van der Waals surface area contributed by atoms with Gasteiger partial charge in [-0.1, -0.05) is 20.8 Å². The first-order chi connectivity index (χ1) is 5.96. The molecule has 80 valence electrons. The van der Waals surface area contributed by atoms with Gasteiger partial charge in [0.2, 0.25) is 0 Å². The molecule has 3 nitrogen and oxygen atoms in total. The fourth-order valence-corrected chi connectivity index (χ4v) is 1.21. The van der Waals surface area contributed by atoms with E-state index in [2.05, 4.69) is 13.8 Å². The number of aliphatic hydroxyl groups excluding tert-OH is 2. The third-order valence-electron chi connectivity index (χ3n) is 2.52. The summed E-state index contributed by atoms with van der Waals surface area (Å²) in [4.78, 5) is 0. The quantitative estimate of drug-likeness (QED) is 0.583. The van der Waals surface area contributed by atoms with Crippen molar-refractivity contribution in [2.45, 2.75) is 51.7 Å². The van der Waals surface area contributed by atoms with Gasteiger partial charge in [-0.25, -0.2) is 0 Å². The Morgan fingerprint density at radius 1 is 1.23 bits per heavy atom. The molecule has 0 aromatic heterocycles. The summed E-state index contributed by atoms with van der Waals surface area (Å²) in [7, 11) is 0. The molecule has 0 spiro atoms. The number of rotatable bonds is 6. The summed E-state index contributed by atoms with van der Waals surface area (Å²) in [5, 5.41) is 28.2. The lowest BCUT2D eigenvalue weighted by Gasteiger charge is -2.30. The predicted octanol–water partition coefficient (Wildman–Crippen LogP) is 0.917. The normalized spacial score (nSPS) is 18.7. The van der Waals surface area contributed by atoms with Crippen molar-refractivity contribution >= 4 is 0 Å². The highest BCUT2D eigenvalue weighted by Crippen LogP contribution is 2.20. The van der Waals surface area contributed by atoms with Crippen molar-refractivity contribution in [2.24, 2.45) is 5.92 Å². The highest BCUT2D eigenvalue weighted by atomic mass is 16.4. The second-order valence-corrected chi connectivity index (χ2v) is 4.10. The third-order valence-corrected chi connectivity index (χ3v) is 2.52. The van der Waals surface area contributed by atoms with Crippen molar-refractivity contribution in [3.63, 3.8) is 0 Å². The summed E-state index contributed by atoms with van der Waals surface area (Å²) in [5.74, 6) is 0.509. The Balaban J connectivity index is 3.99. The molecule has 2 unspecified atom stereocenters. The van der Waals surface area contributed by atoms with E-state index < -0.39 is 11.7 Å². The van der Waals surface area contributed by atoms with Crippen LogP contribution in [0.4, 0.5) is 0 Å². The van der Waals surface area contributed by atoms with Gasteiger partial charge < -0.3 is 15.3 Å². The third kappa shape index (κ3) is 4.07. The molecule has 0 amide bonds. The van der Waals surface area contributed by atoms with Gasteiger partial charge in [-0.15, -0.1) is 0 Å². The molecular formula is C10H22O3. The molecule has 0 fully saturated rings. The van der Waals surface area contributed by atoms with Gasteiger partial charge >= 0.3 is 0 Å². The Bertz CT molecular complexity index is 130. The van der Waals surface area contributed by atoms with E-state index >= 15 is 0 Å². The summed E-state index contributed by atoms with van der Waals surface area (Å²) >= 11 is 0. The minimum atomic E-state index is -1.31. The summed E-state index contributed by atoms with van der Waals surface area (Å²) in [5.41, 5.74) is -1.31. The first-order valence-electron chi connectivity index (χ1n) is 4.97. The van der Waals surface area contributed by atoms with Crippen LogP contribution in [0.5, 0.6) is 0 Å². The van der Waals surface area contributed by atoms with E-state index in [4.69, 9.17) is 5.11 Å². The zero-order valence-electron chi connectivity index (χ0n) is 8.82. The molecule has 0 rings (SSSR count). The summed E-state index contributed by atoms with van der Waals surface area (Å²) in [6.45, 7) is 5.52. The molecule has 0 saturated heterocycles. The van der Waals surface area contributed by atoms with Gasteiger partial charge in [-0.2, -0.15) is 0 Å². The van der Waals surface area contributed by atoms with Gasteiger partial charge in [0, 0.05) is 0 Å². The van der Waals surface area contributed by atoms with Crippen molar-refractivity contribution in [3.05, 3.63) is 0 Å². The maximum Gasteiger partial charge on any atom is 0.113 e. The molecular weight excluding hydrogens is 168 g/mol. The molecule has 0 aromatic carbocycles. The highest BCUT2D eigenvalue weighted by molar-refractivity contribution is 4.84. The fraction of sp³-hybridized carbons (Fsp3) is 1.00. The van der Waals surface area contributed by atoms with E-state index in [1.54, 1.807) is 6.92 Å². The van der Waals surface area contributed by atoms with Gasteiger partial charge in [0.15, 0.2) is 0 Å². The van der Waals surface area contributed by atoms with E-state index in [1.165, 1.54) is 0 Å². The van der Waals surface area contributed by atoms with E-state index in [0.717, 1.165) is 6.42 Å². The van der Waals surface area contributed by atoms with Gasteiger partial charge in [0.1, 0.15) is 5.60 Å². The first kappa shape index (κ1) is 12.9. The summed E-state index contributed by atoms with van der Waals surface area (Å²) < 4.78 is 0. The van der Waals surface area contributed by atoms with Crippen LogP contribution in [0.15, 0.2) is 0 Å². The zero-order valence-corrected chi connectivity index (χ0v) is 8.82. The first-order valence-corrected chi connectivity index (χ1v) is 4.97.